The number of hydrogen-bond donors (Lipinski definition) is 1. The Bertz CT molecular complexity index is 752. The van der Waals surface area contributed by atoms with Crippen molar-refractivity contribution in [3.05, 3.63) is 37.4 Å². The van der Waals surface area contributed by atoms with Gasteiger partial charge in [0, 0.05) is 52.4 Å². The van der Waals surface area contributed by atoms with Gasteiger partial charge < -0.3 is 24.9 Å². The fourth-order valence-corrected chi connectivity index (χ4v) is 4.44. The molecule has 2 saturated heterocycles. The van der Waals surface area contributed by atoms with E-state index in [9.17, 15) is 4.79 Å². The summed E-state index contributed by atoms with van der Waals surface area (Å²) >= 11 is 0. The molecule has 0 spiro atoms. The second kappa shape index (κ2) is 11.2. The monoisotopic (exact) mass is 426 g/mol. The Labute approximate surface area is 187 Å². The third-order valence-electron chi connectivity index (χ3n) is 6.22. The third kappa shape index (κ3) is 5.39. The molecule has 7 heteroatoms. The van der Waals surface area contributed by atoms with Crippen LogP contribution in [0.1, 0.15) is 26.7 Å². The van der Waals surface area contributed by atoms with E-state index in [0.29, 0.717) is 0 Å². The number of carbonyl (C=O) groups excluding carboxylic acids is 1. The van der Waals surface area contributed by atoms with E-state index in [-0.39, 0.29) is 11.9 Å². The Morgan fingerprint density at radius 3 is 2.39 bits per heavy atom. The SMILES string of the molecule is C=CCN(CC)c1ccc(N(CC)CC=C)c(N2CCN(C(=O)C3CCCN3)CC2)n1. The minimum Gasteiger partial charge on any atom is -0.365 e. The molecule has 3 rings (SSSR count). The summed E-state index contributed by atoms with van der Waals surface area (Å²) in [7, 11) is 0. The number of carbonyl (C=O) groups is 1. The van der Waals surface area contributed by atoms with E-state index in [4.69, 9.17) is 4.98 Å². The number of rotatable bonds is 10. The van der Waals surface area contributed by atoms with E-state index in [2.05, 4.69) is 59.2 Å². The lowest BCUT2D eigenvalue weighted by Gasteiger charge is -2.38. The molecule has 0 aromatic carbocycles. The Morgan fingerprint density at radius 1 is 1.13 bits per heavy atom. The Balaban J connectivity index is 1.82. The fraction of sp³-hybridized carbons (Fsp3) is 0.583. The van der Waals surface area contributed by atoms with Crippen LogP contribution >= 0.6 is 0 Å². The van der Waals surface area contributed by atoms with Crippen LogP contribution in [-0.4, -0.2) is 80.7 Å². The first-order chi connectivity index (χ1) is 15.1. The molecule has 1 aromatic heterocycles. The first-order valence-corrected chi connectivity index (χ1v) is 11.6. The number of hydrogen-bond acceptors (Lipinski definition) is 6. The highest BCUT2D eigenvalue weighted by atomic mass is 16.2. The molecule has 0 radical (unpaired) electrons. The number of nitrogens with one attached hydrogen (secondary N) is 1. The van der Waals surface area contributed by atoms with E-state index in [1.165, 1.54) is 0 Å². The van der Waals surface area contributed by atoms with Gasteiger partial charge in [0.15, 0.2) is 5.82 Å². The van der Waals surface area contributed by atoms with E-state index in [1.807, 2.05) is 17.1 Å². The molecule has 2 aliphatic heterocycles. The molecular weight excluding hydrogens is 388 g/mol. The molecule has 1 atom stereocenters. The van der Waals surface area contributed by atoms with Crippen molar-refractivity contribution in [2.24, 2.45) is 0 Å². The van der Waals surface area contributed by atoms with Gasteiger partial charge in [0.1, 0.15) is 5.82 Å². The maximum Gasteiger partial charge on any atom is 0.239 e. The lowest BCUT2D eigenvalue weighted by Crippen LogP contribution is -2.53. The molecule has 0 aliphatic carbocycles. The lowest BCUT2D eigenvalue weighted by molar-refractivity contribution is -0.133. The number of pyridine rings is 1. The number of aromatic nitrogens is 1. The maximum absolute atomic E-state index is 12.8. The lowest BCUT2D eigenvalue weighted by atomic mass is 10.2. The van der Waals surface area contributed by atoms with Crippen LogP contribution in [0.15, 0.2) is 37.4 Å². The molecule has 7 nitrogen and oxygen atoms in total. The number of nitrogens with zero attached hydrogens (tertiary/aromatic N) is 5. The zero-order valence-corrected chi connectivity index (χ0v) is 19.2. The second-order valence-corrected chi connectivity index (χ2v) is 8.13. The topological polar surface area (TPSA) is 55.0 Å². The van der Waals surface area contributed by atoms with Crippen LogP contribution in [0.5, 0.6) is 0 Å². The van der Waals surface area contributed by atoms with Crippen molar-refractivity contribution in [1.29, 1.82) is 0 Å². The predicted octanol–water partition coefficient (Wildman–Crippen LogP) is 2.51. The van der Waals surface area contributed by atoms with Crippen molar-refractivity contribution in [3.63, 3.8) is 0 Å². The molecule has 170 valence electrons. The van der Waals surface area contributed by atoms with Gasteiger partial charge in [-0.2, -0.15) is 0 Å². The maximum atomic E-state index is 12.8. The Morgan fingerprint density at radius 2 is 1.81 bits per heavy atom. The van der Waals surface area contributed by atoms with E-state index >= 15 is 0 Å². The Hall–Kier alpha value is -2.54. The molecule has 1 aromatic rings. The summed E-state index contributed by atoms with van der Waals surface area (Å²) < 4.78 is 0. The zero-order chi connectivity index (χ0) is 22.2. The van der Waals surface area contributed by atoms with Crippen molar-refractivity contribution in [3.8, 4) is 0 Å². The minimum absolute atomic E-state index is 0.00348. The van der Waals surface area contributed by atoms with Crippen molar-refractivity contribution >= 4 is 23.2 Å². The molecule has 2 fully saturated rings. The average Bonchev–Trinajstić information content (AvgIpc) is 3.35. The molecule has 3 heterocycles. The van der Waals surface area contributed by atoms with Crippen LogP contribution in [0.4, 0.5) is 17.3 Å². The van der Waals surface area contributed by atoms with Gasteiger partial charge in [-0.25, -0.2) is 4.98 Å². The van der Waals surface area contributed by atoms with Gasteiger partial charge in [-0.15, -0.1) is 13.2 Å². The summed E-state index contributed by atoms with van der Waals surface area (Å²) in [5.74, 6) is 2.21. The highest BCUT2D eigenvalue weighted by Gasteiger charge is 2.30. The quantitative estimate of drug-likeness (QED) is 0.580. The van der Waals surface area contributed by atoms with Gasteiger partial charge >= 0.3 is 0 Å². The predicted molar refractivity (Wildman–Crippen MR) is 130 cm³/mol. The number of anilines is 3. The van der Waals surface area contributed by atoms with Gasteiger partial charge in [0.25, 0.3) is 0 Å². The molecular formula is C24H38N6O. The molecule has 1 unspecified atom stereocenters. The smallest absolute Gasteiger partial charge is 0.239 e. The number of piperazine rings is 1. The summed E-state index contributed by atoms with van der Waals surface area (Å²) in [5, 5.41) is 3.33. The molecule has 0 bridgehead atoms. The van der Waals surface area contributed by atoms with Gasteiger partial charge in [0.2, 0.25) is 5.91 Å². The van der Waals surface area contributed by atoms with Crippen LogP contribution in [-0.2, 0) is 4.79 Å². The van der Waals surface area contributed by atoms with Gasteiger partial charge in [0.05, 0.1) is 11.7 Å². The van der Waals surface area contributed by atoms with Crippen molar-refractivity contribution < 1.29 is 4.79 Å². The van der Waals surface area contributed by atoms with Gasteiger partial charge in [-0.1, -0.05) is 12.2 Å². The van der Waals surface area contributed by atoms with Crippen molar-refractivity contribution in [2.75, 3.05) is 73.6 Å². The summed E-state index contributed by atoms with van der Waals surface area (Å²) in [4.78, 5) is 26.8. The highest BCUT2D eigenvalue weighted by molar-refractivity contribution is 5.82. The molecule has 31 heavy (non-hydrogen) atoms. The molecule has 1 N–H and O–H groups in total. The Kier molecular flexibility index (Phi) is 8.35. The van der Waals surface area contributed by atoms with Crippen LogP contribution in [0.3, 0.4) is 0 Å². The average molecular weight is 427 g/mol. The first kappa shape index (κ1) is 23.1. The minimum atomic E-state index is 0.00348. The van der Waals surface area contributed by atoms with Crippen LogP contribution in [0.2, 0.25) is 0 Å². The zero-order valence-electron chi connectivity index (χ0n) is 19.2. The van der Waals surface area contributed by atoms with Crippen molar-refractivity contribution in [2.45, 2.75) is 32.7 Å². The molecule has 0 saturated carbocycles. The summed E-state index contributed by atoms with van der Waals surface area (Å²) in [6, 6.07) is 4.28. The number of likely N-dealkylation sites (N-methyl/N-ethyl adjacent to an activating group) is 2. The van der Waals surface area contributed by atoms with Crippen LogP contribution < -0.4 is 20.0 Å². The molecule has 2 aliphatic rings. The standard InChI is InChI=1S/C24H38N6O/c1-5-14-27(7-3)21-11-12-22(28(8-4)15-6-2)26-23(21)29-16-18-30(19-17-29)24(31)20-10-9-13-25-20/h5-6,11-12,20,25H,1-2,7-10,13-19H2,3-4H3. The summed E-state index contributed by atoms with van der Waals surface area (Å²) in [6.07, 6.45) is 5.89. The van der Waals surface area contributed by atoms with E-state index in [1.54, 1.807) is 0 Å². The van der Waals surface area contributed by atoms with E-state index in [0.717, 1.165) is 89.1 Å². The second-order valence-electron chi connectivity index (χ2n) is 8.13. The van der Waals surface area contributed by atoms with E-state index < -0.39 is 0 Å². The fourth-order valence-electron chi connectivity index (χ4n) is 4.44. The van der Waals surface area contributed by atoms with Crippen molar-refractivity contribution in [1.82, 2.24) is 15.2 Å². The summed E-state index contributed by atoms with van der Waals surface area (Å²) in [6.45, 7) is 19.4. The molecule has 1 amide bonds. The third-order valence-corrected chi connectivity index (χ3v) is 6.22. The van der Waals surface area contributed by atoms with Gasteiger partial charge in [-0.3, -0.25) is 4.79 Å². The number of amides is 1. The normalized spacial score (nSPS) is 18.7. The van der Waals surface area contributed by atoms with Crippen LogP contribution in [0, 0.1) is 0 Å². The highest BCUT2D eigenvalue weighted by Crippen LogP contribution is 2.31. The first-order valence-electron chi connectivity index (χ1n) is 11.6. The van der Waals surface area contributed by atoms with Crippen LogP contribution in [0.25, 0.3) is 0 Å². The largest absolute Gasteiger partial charge is 0.365 e. The van der Waals surface area contributed by atoms with Gasteiger partial charge in [-0.05, 0) is 45.4 Å². The summed E-state index contributed by atoms with van der Waals surface area (Å²) in [5.41, 5.74) is 1.12.